The van der Waals surface area contributed by atoms with Gasteiger partial charge in [-0.1, -0.05) is 59.7 Å². The maximum absolute atomic E-state index is 14.0. The summed E-state index contributed by atoms with van der Waals surface area (Å²) in [7, 11) is 0. The van der Waals surface area contributed by atoms with Crippen molar-refractivity contribution in [3.63, 3.8) is 0 Å². The highest BCUT2D eigenvalue weighted by Gasteiger charge is 2.73. The molecule has 2 aliphatic carbocycles. The van der Waals surface area contributed by atoms with Crippen molar-refractivity contribution in [2.24, 2.45) is 23.7 Å². The molecule has 7 heterocycles. The summed E-state index contributed by atoms with van der Waals surface area (Å²) in [5, 5.41) is 0. The molecule has 0 aromatic heterocycles. The zero-order valence-corrected chi connectivity index (χ0v) is 27.4. The Balaban J connectivity index is 1.14. The van der Waals surface area contributed by atoms with Crippen molar-refractivity contribution in [3.8, 4) is 0 Å². The summed E-state index contributed by atoms with van der Waals surface area (Å²) in [6.07, 6.45) is 9.58. The number of fused-ring (bicyclic) bond motifs is 6. The van der Waals surface area contributed by atoms with Gasteiger partial charge in [0.25, 0.3) is 0 Å². The first-order valence-corrected chi connectivity index (χ1v) is 18.2. The van der Waals surface area contributed by atoms with Crippen molar-refractivity contribution >= 4 is 17.3 Å². The predicted octanol–water partition coefficient (Wildman–Crippen LogP) is 5.48. The van der Waals surface area contributed by atoms with E-state index in [1.54, 1.807) is 16.7 Å². The van der Waals surface area contributed by atoms with Crippen molar-refractivity contribution in [2.45, 2.75) is 87.7 Å². The van der Waals surface area contributed by atoms with Crippen LogP contribution in [-0.4, -0.2) is 78.9 Å². The van der Waals surface area contributed by atoms with Crippen LogP contribution in [0.3, 0.4) is 0 Å². The van der Waals surface area contributed by atoms with Gasteiger partial charge in [-0.3, -0.25) is 14.6 Å². The van der Waals surface area contributed by atoms with Gasteiger partial charge in [-0.25, -0.2) is 0 Å². The van der Waals surface area contributed by atoms with Gasteiger partial charge in [0.05, 0.1) is 12.6 Å². The third-order valence-corrected chi connectivity index (χ3v) is 15.3. The molecule has 238 valence electrons. The second-order valence-corrected chi connectivity index (χ2v) is 16.2. The Morgan fingerprint density at radius 3 is 2.07 bits per heavy atom. The summed E-state index contributed by atoms with van der Waals surface area (Å²) in [5.74, 6) is 1.87. The molecule has 6 nitrogen and oxygen atoms in total. The maximum atomic E-state index is 14.0. The van der Waals surface area contributed by atoms with Crippen LogP contribution >= 0.6 is 0 Å². The minimum absolute atomic E-state index is 0.0504. The molecule has 7 aliphatic heterocycles. The fourth-order valence-corrected chi connectivity index (χ4v) is 13.9. The lowest BCUT2D eigenvalue weighted by Crippen LogP contribution is -2.73. The lowest BCUT2D eigenvalue weighted by Gasteiger charge is -2.63. The minimum Gasteiger partial charge on any atom is -0.358 e. The molecule has 0 unspecified atom stereocenters. The van der Waals surface area contributed by atoms with Crippen molar-refractivity contribution < 1.29 is 9.53 Å². The molecule has 1 amide bonds. The van der Waals surface area contributed by atoms with E-state index in [1.807, 2.05) is 6.92 Å². The molecular weight excluding hydrogens is 568 g/mol. The monoisotopic (exact) mass is 614 g/mol. The number of benzene rings is 2. The number of nitrogens with zero attached hydrogens (tertiary/aromatic N) is 4. The van der Waals surface area contributed by atoms with Crippen LogP contribution in [-0.2, 0) is 20.4 Å². The number of carbonyl (C=O) groups is 1. The Morgan fingerprint density at radius 2 is 1.39 bits per heavy atom. The van der Waals surface area contributed by atoms with Crippen molar-refractivity contribution in [3.05, 3.63) is 83.0 Å². The van der Waals surface area contributed by atoms with Gasteiger partial charge in [0.1, 0.15) is 6.23 Å². The van der Waals surface area contributed by atoms with E-state index in [0.29, 0.717) is 35.9 Å². The SMILES string of the molecule is CC=C1CN2CC[C@]34c5ccccc5N5[C@H]3[C@H](CO[C@H]5[C@@H]3[C@@H]5N(C(C)=O)c6ccccc6[C@@]56CCN5CC(=CC)[C@@H]3C[C@H]56)[C@H]1C[C@H]24. The molecule has 2 saturated carbocycles. The Labute approximate surface area is 273 Å². The number of para-hydroxylation sites is 2. The average molecular weight is 615 g/mol. The van der Waals surface area contributed by atoms with Gasteiger partial charge in [-0.2, -0.15) is 0 Å². The van der Waals surface area contributed by atoms with E-state index >= 15 is 0 Å². The van der Waals surface area contributed by atoms with Gasteiger partial charge in [-0.15, -0.1) is 0 Å². The molecule has 2 spiro atoms. The molecule has 2 aromatic carbocycles. The van der Waals surface area contributed by atoms with Crippen LogP contribution in [0.5, 0.6) is 0 Å². The second kappa shape index (κ2) is 8.94. The number of ether oxygens (including phenoxy) is 1. The number of anilines is 2. The number of allylic oxidation sites excluding steroid dienone is 2. The molecule has 6 heteroatoms. The topological polar surface area (TPSA) is 39.3 Å². The standard InChI is InChI=1S/C40H46N4O2/c1-4-24-20-41-16-14-39-30-11-7-9-13-32(30)44-36(39)28(26(24)18-33(39)41)22-46-38(44)35-27-19-34-40(15-17-42(34)21-25(27)5-2)29-10-6-8-12-31(29)43(23(3)45)37(35)40/h4-13,26-28,33-38H,14-22H2,1-3H3/t26-,27-,28+,33-,34-,35-,36-,37-,38-,39+,40+/m0/s1. The van der Waals surface area contributed by atoms with Gasteiger partial charge < -0.3 is 14.5 Å². The predicted molar refractivity (Wildman–Crippen MR) is 180 cm³/mol. The van der Waals surface area contributed by atoms with Gasteiger partial charge in [0, 0.05) is 72.2 Å². The first kappa shape index (κ1) is 27.1. The number of hydrogen-bond acceptors (Lipinski definition) is 5. The molecule has 11 atom stereocenters. The molecule has 5 saturated heterocycles. The molecule has 0 radical (unpaired) electrons. The summed E-state index contributed by atoms with van der Waals surface area (Å²) < 4.78 is 7.49. The molecule has 46 heavy (non-hydrogen) atoms. The lowest BCUT2D eigenvalue weighted by molar-refractivity contribution is -0.129. The fourth-order valence-electron chi connectivity index (χ4n) is 13.9. The van der Waals surface area contributed by atoms with Crippen LogP contribution in [0.1, 0.15) is 57.6 Å². The van der Waals surface area contributed by atoms with E-state index < -0.39 is 0 Å². The summed E-state index contributed by atoms with van der Waals surface area (Å²) in [6.45, 7) is 11.6. The zero-order valence-electron chi connectivity index (χ0n) is 27.4. The third kappa shape index (κ3) is 2.85. The highest BCUT2D eigenvalue weighted by atomic mass is 16.5. The largest absolute Gasteiger partial charge is 0.358 e. The highest BCUT2D eigenvalue weighted by Crippen LogP contribution is 2.68. The summed E-state index contributed by atoms with van der Waals surface area (Å²) >= 11 is 0. The van der Waals surface area contributed by atoms with Crippen LogP contribution in [0.15, 0.2) is 71.8 Å². The molecule has 4 bridgehead atoms. The van der Waals surface area contributed by atoms with E-state index in [2.05, 4.69) is 94.1 Å². The second-order valence-electron chi connectivity index (χ2n) is 16.2. The Hall–Kier alpha value is -2.93. The van der Waals surface area contributed by atoms with Crippen molar-refractivity contribution in [1.29, 1.82) is 0 Å². The van der Waals surface area contributed by atoms with Crippen LogP contribution in [0.4, 0.5) is 11.4 Å². The Morgan fingerprint density at radius 1 is 0.804 bits per heavy atom. The Kier molecular flexibility index (Phi) is 5.26. The maximum Gasteiger partial charge on any atom is 0.224 e. The van der Waals surface area contributed by atoms with E-state index in [1.165, 1.54) is 30.6 Å². The number of rotatable bonds is 1. The van der Waals surface area contributed by atoms with Gasteiger partial charge in [0.2, 0.25) is 5.91 Å². The average Bonchev–Trinajstić information content (AvgIpc) is 3.83. The molecule has 2 aromatic rings. The van der Waals surface area contributed by atoms with Crippen LogP contribution < -0.4 is 9.80 Å². The van der Waals surface area contributed by atoms with E-state index in [4.69, 9.17) is 4.74 Å². The van der Waals surface area contributed by atoms with E-state index in [0.717, 1.165) is 44.8 Å². The molecule has 0 N–H and O–H groups in total. The normalized spacial score (nSPS) is 46.0. The van der Waals surface area contributed by atoms with Crippen LogP contribution in [0.2, 0.25) is 0 Å². The third-order valence-electron chi connectivity index (χ3n) is 15.3. The molecule has 7 fully saturated rings. The van der Waals surface area contributed by atoms with Crippen molar-refractivity contribution in [1.82, 2.24) is 9.80 Å². The highest BCUT2D eigenvalue weighted by molar-refractivity contribution is 5.96. The fraction of sp³-hybridized carbons (Fsp3) is 0.575. The minimum atomic E-state index is -0.0604. The summed E-state index contributed by atoms with van der Waals surface area (Å²) in [6, 6.07) is 20.0. The molecule has 11 rings (SSSR count). The summed E-state index contributed by atoms with van der Waals surface area (Å²) in [5.41, 5.74) is 8.89. The quantitative estimate of drug-likeness (QED) is 0.398. The molecule has 9 aliphatic rings. The first-order valence-electron chi connectivity index (χ1n) is 18.2. The smallest absolute Gasteiger partial charge is 0.224 e. The van der Waals surface area contributed by atoms with Crippen molar-refractivity contribution in [2.75, 3.05) is 42.6 Å². The zero-order chi connectivity index (χ0) is 30.7. The van der Waals surface area contributed by atoms with E-state index in [-0.39, 0.29) is 34.9 Å². The number of hydrogen-bond donors (Lipinski definition) is 0. The first-order chi connectivity index (χ1) is 22.5. The summed E-state index contributed by atoms with van der Waals surface area (Å²) in [4.78, 5) is 24.7. The Bertz CT molecular complexity index is 1750. The number of amides is 1. The van der Waals surface area contributed by atoms with E-state index in [9.17, 15) is 4.79 Å². The van der Waals surface area contributed by atoms with Gasteiger partial charge >= 0.3 is 0 Å². The van der Waals surface area contributed by atoms with Crippen LogP contribution in [0, 0.1) is 23.7 Å². The number of piperidine rings is 2. The van der Waals surface area contributed by atoms with Crippen LogP contribution in [0.25, 0.3) is 0 Å². The number of carbonyl (C=O) groups excluding carboxylic acids is 1. The molecular formula is C40H46N4O2. The van der Waals surface area contributed by atoms with Gasteiger partial charge in [-0.05, 0) is 87.7 Å². The lowest BCUT2D eigenvalue weighted by atomic mass is 9.53. The van der Waals surface area contributed by atoms with Gasteiger partial charge in [0.15, 0.2) is 0 Å².